The van der Waals surface area contributed by atoms with E-state index in [9.17, 15) is 9.90 Å². The Morgan fingerprint density at radius 3 is 2.78 bits per heavy atom. The summed E-state index contributed by atoms with van der Waals surface area (Å²) in [6.07, 6.45) is 3.42. The van der Waals surface area contributed by atoms with E-state index in [2.05, 4.69) is 10.2 Å². The van der Waals surface area contributed by atoms with Crippen LogP contribution in [0.3, 0.4) is 0 Å². The number of hydrogen-bond donors (Lipinski definition) is 3. The zero-order valence-corrected chi connectivity index (χ0v) is 10.6. The summed E-state index contributed by atoms with van der Waals surface area (Å²) in [5, 5.41) is 27.3. The lowest BCUT2D eigenvalue weighted by molar-refractivity contribution is -0.144. The van der Waals surface area contributed by atoms with E-state index in [1.807, 2.05) is 0 Å². The molecule has 0 saturated heterocycles. The molecule has 2 rings (SSSR count). The summed E-state index contributed by atoms with van der Waals surface area (Å²) in [4.78, 5) is 10.8. The summed E-state index contributed by atoms with van der Waals surface area (Å²) < 4.78 is 1.30. The van der Waals surface area contributed by atoms with Gasteiger partial charge in [0, 0.05) is 5.75 Å². The average Bonchev–Trinajstić information content (AvgIpc) is 2.73. The van der Waals surface area contributed by atoms with Crippen LogP contribution in [0.5, 0.6) is 0 Å². The maximum absolute atomic E-state index is 10.8. The molecule has 0 bridgehead atoms. The largest absolute Gasteiger partial charge is 0.481 e. The number of aliphatic carboxylic acids is 1. The Kier molecular flexibility index (Phi) is 3.76. The van der Waals surface area contributed by atoms with Gasteiger partial charge in [-0.15, -0.1) is 10.2 Å². The molecule has 1 aliphatic carbocycles. The van der Waals surface area contributed by atoms with E-state index in [-0.39, 0.29) is 5.92 Å². The van der Waals surface area contributed by atoms with Gasteiger partial charge in [0.15, 0.2) is 0 Å². The van der Waals surface area contributed by atoms with Crippen molar-refractivity contribution < 1.29 is 15.0 Å². The Morgan fingerprint density at radius 2 is 2.28 bits per heavy atom. The molecule has 0 spiro atoms. The van der Waals surface area contributed by atoms with E-state index in [1.54, 1.807) is 0 Å². The van der Waals surface area contributed by atoms with E-state index >= 15 is 0 Å². The van der Waals surface area contributed by atoms with Crippen LogP contribution in [0.15, 0.2) is 11.5 Å². The molecule has 1 saturated carbocycles. The Balaban J connectivity index is 1.86. The quantitative estimate of drug-likeness (QED) is 0.525. The third-order valence-electron chi connectivity index (χ3n) is 3.28. The Bertz CT molecular complexity index is 429. The molecule has 0 aliphatic heterocycles. The highest BCUT2D eigenvalue weighted by atomic mass is 32.2. The van der Waals surface area contributed by atoms with Crippen LogP contribution >= 0.6 is 11.8 Å². The van der Waals surface area contributed by atoms with E-state index in [0.717, 1.165) is 0 Å². The summed E-state index contributed by atoms with van der Waals surface area (Å²) in [6, 6.07) is 0. The number of hydrogen-bond acceptors (Lipinski definition) is 6. The van der Waals surface area contributed by atoms with Crippen molar-refractivity contribution in [3.63, 3.8) is 0 Å². The van der Waals surface area contributed by atoms with Crippen molar-refractivity contribution in [1.82, 2.24) is 14.9 Å². The predicted octanol–water partition coefficient (Wildman–Crippen LogP) is 0.0899. The number of nitrogens with zero attached hydrogens (tertiary/aromatic N) is 3. The third kappa shape index (κ3) is 2.94. The maximum Gasteiger partial charge on any atom is 0.306 e. The first-order chi connectivity index (χ1) is 8.50. The monoisotopic (exact) mass is 272 g/mol. The van der Waals surface area contributed by atoms with Crippen molar-refractivity contribution >= 4 is 17.7 Å². The minimum atomic E-state index is -0.831. The van der Waals surface area contributed by atoms with Crippen LogP contribution in [0.1, 0.15) is 25.7 Å². The van der Waals surface area contributed by atoms with Gasteiger partial charge in [0.25, 0.3) is 0 Å². The molecule has 0 radical (unpaired) electrons. The lowest BCUT2D eigenvalue weighted by Crippen LogP contribution is -2.38. The second kappa shape index (κ2) is 5.15. The molecule has 1 fully saturated rings. The first-order valence-corrected chi connectivity index (χ1v) is 6.72. The number of nitrogens with two attached hydrogens (primary N) is 1. The van der Waals surface area contributed by atoms with Gasteiger partial charge in [0.1, 0.15) is 6.33 Å². The number of rotatable bonds is 4. The van der Waals surface area contributed by atoms with Crippen LogP contribution in [0.2, 0.25) is 0 Å². The first kappa shape index (κ1) is 13.2. The summed E-state index contributed by atoms with van der Waals surface area (Å²) >= 11 is 1.34. The van der Waals surface area contributed by atoms with Gasteiger partial charge in [-0.3, -0.25) is 4.79 Å². The average molecular weight is 272 g/mol. The van der Waals surface area contributed by atoms with Gasteiger partial charge < -0.3 is 16.1 Å². The second-order valence-corrected chi connectivity index (χ2v) is 5.59. The molecule has 1 heterocycles. The molecule has 4 N–H and O–H groups in total. The topological polar surface area (TPSA) is 114 Å². The molecule has 0 aromatic carbocycles. The highest BCUT2D eigenvalue weighted by molar-refractivity contribution is 7.99. The molecule has 0 unspecified atom stereocenters. The zero-order chi connectivity index (χ0) is 13.2. The minimum Gasteiger partial charge on any atom is -0.481 e. The van der Waals surface area contributed by atoms with Gasteiger partial charge in [-0.25, -0.2) is 4.68 Å². The number of carbonyl (C=O) groups is 1. The van der Waals surface area contributed by atoms with Crippen LogP contribution < -0.4 is 5.84 Å². The first-order valence-electron chi connectivity index (χ1n) is 5.73. The molecule has 1 aromatic rings. The van der Waals surface area contributed by atoms with E-state index in [4.69, 9.17) is 10.9 Å². The smallest absolute Gasteiger partial charge is 0.306 e. The highest BCUT2D eigenvalue weighted by Crippen LogP contribution is 2.35. The molecule has 0 amide bonds. The summed E-state index contributed by atoms with van der Waals surface area (Å²) in [5.41, 5.74) is -0.831. The fraction of sp³-hybridized carbons (Fsp3) is 0.700. The maximum atomic E-state index is 10.8. The Morgan fingerprint density at radius 1 is 1.61 bits per heavy atom. The SMILES string of the molecule is Nn1cnnc1SCC1(O)CCC(C(=O)O)CC1. The van der Waals surface area contributed by atoms with Gasteiger partial charge in [-0.1, -0.05) is 11.8 Å². The van der Waals surface area contributed by atoms with Crippen LogP contribution in [0.4, 0.5) is 0 Å². The molecule has 18 heavy (non-hydrogen) atoms. The van der Waals surface area contributed by atoms with Gasteiger partial charge in [-0.2, -0.15) is 0 Å². The summed E-state index contributed by atoms with van der Waals surface area (Å²) in [7, 11) is 0. The van der Waals surface area contributed by atoms with Gasteiger partial charge in [0.2, 0.25) is 5.16 Å². The fourth-order valence-electron chi connectivity index (χ4n) is 2.08. The van der Waals surface area contributed by atoms with Crippen molar-refractivity contribution in [1.29, 1.82) is 0 Å². The standard InChI is InChI=1S/C10H16N4O3S/c11-14-6-12-13-9(14)18-5-10(17)3-1-7(2-4-10)8(15)16/h6-7,17H,1-5,11H2,(H,15,16). The van der Waals surface area contributed by atoms with Crippen molar-refractivity contribution in [3.05, 3.63) is 6.33 Å². The number of carboxylic acids is 1. The molecular weight excluding hydrogens is 256 g/mol. The molecule has 8 heteroatoms. The number of carboxylic acid groups (broad SMARTS) is 1. The molecule has 1 aliphatic rings. The number of aromatic nitrogens is 3. The lowest BCUT2D eigenvalue weighted by atomic mass is 9.80. The number of aliphatic hydroxyl groups is 1. The van der Waals surface area contributed by atoms with E-state index in [1.165, 1.54) is 22.8 Å². The van der Waals surface area contributed by atoms with Crippen molar-refractivity contribution in [2.24, 2.45) is 5.92 Å². The number of nitrogen functional groups attached to an aromatic ring is 1. The Labute approximate surface area is 108 Å². The van der Waals surface area contributed by atoms with Crippen LogP contribution in [0, 0.1) is 5.92 Å². The molecular formula is C10H16N4O3S. The Hall–Kier alpha value is -1.28. The number of thioether (sulfide) groups is 1. The fourth-order valence-corrected chi connectivity index (χ4v) is 3.07. The van der Waals surface area contributed by atoms with Gasteiger partial charge in [0.05, 0.1) is 11.5 Å². The molecule has 1 aromatic heterocycles. The van der Waals surface area contributed by atoms with Crippen molar-refractivity contribution in [3.8, 4) is 0 Å². The zero-order valence-electron chi connectivity index (χ0n) is 9.82. The van der Waals surface area contributed by atoms with Crippen molar-refractivity contribution in [2.45, 2.75) is 36.4 Å². The van der Waals surface area contributed by atoms with E-state index in [0.29, 0.717) is 36.6 Å². The molecule has 0 atom stereocenters. The van der Waals surface area contributed by atoms with Gasteiger partial charge >= 0.3 is 5.97 Å². The van der Waals surface area contributed by atoms with Crippen LogP contribution in [-0.2, 0) is 4.79 Å². The normalized spacial score (nSPS) is 28.2. The van der Waals surface area contributed by atoms with Crippen LogP contribution in [-0.4, -0.2) is 42.4 Å². The lowest BCUT2D eigenvalue weighted by Gasteiger charge is -2.34. The van der Waals surface area contributed by atoms with Gasteiger partial charge in [-0.05, 0) is 25.7 Å². The predicted molar refractivity (Wildman–Crippen MR) is 65.4 cm³/mol. The summed E-state index contributed by atoms with van der Waals surface area (Å²) in [5.74, 6) is 4.93. The molecule has 100 valence electrons. The third-order valence-corrected chi connectivity index (χ3v) is 4.51. The van der Waals surface area contributed by atoms with Crippen LogP contribution in [0.25, 0.3) is 0 Å². The van der Waals surface area contributed by atoms with Crippen molar-refractivity contribution in [2.75, 3.05) is 11.6 Å². The van der Waals surface area contributed by atoms with E-state index < -0.39 is 11.6 Å². The summed E-state index contributed by atoms with van der Waals surface area (Å²) in [6.45, 7) is 0. The minimum absolute atomic E-state index is 0.326. The highest BCUT2D eigenvalue weighted by Gasteiger charge is 2.36. The second-order valence-electron chi connectivity index (χ2n) is 4.65. The molecule has 7 nitrogen and oxygen atoms in total.